The third-order valence-electron chi connectivity index (χ3n) is 7.50. The molecule has 3 aromatic carbocycles. The molecule has 1 aliphatic rings. The predicted octanol–water partition coefficient (Wildman–Crippen LogP) is 5.39. The van der Waals surface area contributed by atoms with Gasteiger partial charge >= 0.3 is 0 Å². The van der Waals surface area contributed by atoms with Crippen LogP contribution in [0.3, 0.4) is 0 Å². The predicted molar refractivity (Wildman–Crippen MR) is 173 cm³/mol. The van der Waals surface area contributed by atoms with Gasteiger partial charge in [-0.15, -0.1) is 6.58 Å². The number of benzene rings is 3. The summed E-state index contributed by atoms with van der Waals surface area (Å²) in [6, 6.07) is 24.6. The van der Waals surface area contributed by atoms with E-state index in [0.717, 1.165) is 10.9 Å². The minimum Gasteiger partial charge on any atom is -0.497 e. The SMILES string of the molecule is C=CCc1cccc2c(=O)c(-c3c(C#N)c4n(c(=O)c3C#N)N=C(c3ccccc3)/C(=C/c3ccc(OC)cc3)C(=O)N4)coc12. The van der Waals surface area contributed by atoms with Crippen LogP contribution in [0.1, 0.15) is 27.8 Å². The lowest BCUT2D eigenvalue weighted by atomic mass is 9.96. The van der Waals surface area contributed by atoms with Gasteiger partial charge in [0, 0.05) is 11.1 Å². The number of methoxy groups -OCH3 is 1. The third-order valence-corrected chi connectivity index (χ3v) is 7.50. The van der Waals surface area contributed by atoms with Crippen LogP contribution in [0, 0.1) is 22.7 Å². The summed E-state index contributed by atoms with van der Waals surface area (Å²) in [4.78, 5) is 41.8. The fourth-order valence-corrected chi connectivity index (χ4v) is 5.31. The lowest BCUT2D eigenvalue weighted by Crippen LogP contribution is -2.26. The van der Waals surface area contributed by atoms with Crippen molar-refractivity contribution < 1.29 is 13.9 Å². The average molecular weight is 606 g/mol. The van der Waals surface area contributed by atoms with Crippen molar-refractivity contribution in [1.29, 1.82) is 10.5 Å². The molecule has 0 atom stereocenters. The van der Waals surface area contributed by atoms with Crippen molar-refractivity contribution in [3.05, 3.63) is 146 Å². The average Bonchev–Trinajstić information content (AvgIpc) is 3.22. The normalized spacial score (nSPS) is 13.2. The second kappa shape index (κ2) is 12.1. The highest BCUT2D eigenvalue weighted by Gasteiger charge is 2.31. The number of aromatic nitrogens is 1. The van der Waals surface area contributed by atoms with Gasteiger partial charge in [-0.2, -0.15) is 20.3 Å². The Balaban J connectivity index is 1.64. The maximum absolute atomic E-state index is 14.0. The molecule has 0 radical (unpaired) electrons. The molecule has 0 fully saturated rings. The molecule has 3 heterocycles. The summed E-state index contributed by atoms with van der Waals surface area (Å²) in [7, 11) is 1.54. The highest BCUT2D eigenvalue weighted by molar-refractivity contribution is 6.33. The number of nitrogens with one attached hydrogen (secondary N) is 1. The molecule has 1 amide bonds. The molecule has 0 aliphatic carbocycles. The molecule has 6 rings (SSSR count). The Labute approximate surface area is 262 Å². The zero-order valence-corrected chi connectivity index (χ0v) is 24.4. The van der Waals surface area contributed by atoms with E-state index in [1.807, 2.05) is 12.1 Å². The summed E-state index contributed by atoms with van der Waals surface area (Å²) >= 11 is 0. The molecule has 1 aliphatic heterocycles. The number of nitriles is 2. The van der Waals surface area contributed by atoms with Gasteiger partial charge in [0.1, 0.15) is 46.6 Å². The number of rotatable bonds is 6. The van der Waals surface area contributed by atoms with E-state index in [9.17, 15) is 24.9 Å². The smallest absolute Gasteiger partial charge is 0.291 e. The van der Waals surface area contributed by atoms with Crippen LogP contribution in [0.25, 0.3) is 28.2 Å². The third kappa shape index (κ3) is 4.96. The van der Waals surface area contributed by atoms with Gasteiger partial charge in [-0.3, -0.25) is 14.4 Å². The van der Waals surface area contributed by atoms with Gasteiger partial charge in [0.05, 0.1) is 23.6 Å². The Morgan fingerprint density at radius 1 is 0.978 bits per heavy atom. The molecular weight excluding hydrogens is 582 g/mol. The molecule has 46 heavy (non-hydrogen) atoms. The second-order valence-corrected chi connectivity index (χ2v) is 10.2. The Bertz CT molecular complexity index is 2330. The number of pyridine rings is 1. The molecule has 10 heteroatoms. The van der Waals surface area contributed by atoms with Gasteiger partial charge in [0.25, 0.3) is 11.5 Å². The highest BCUT2D eigenvalue weighted by atomic mass is 16.5. The Kier molecular flexibility index (Phi) is 7.69. The van der Waals surface area contributed by atoms with E-state index in [2.05, 4.69) is 17.0 Å². The van der Waals surface area contributed by atoms with E-state index in [-0.39, 0.29) is 39.2 Å². The largest absolute Gasteiger partial charge is 0.497 e. The first kappa shape index (κ1) is 29.3. The van der Waals surface area contributed by atoms with E-state index in [1.165, 1.54) is 0 Å². The van der Waals surface area contributed by atoms with E-state index in [4.69, 9.17) is 9.15 Å². The molecular formula is C36H23N5O5. The summed E-state index contributed by atoms with van der Waals surface area (Å²) in [6.07, 6.45) is 4.82. The van der Waals surface area contributed by atoms with Crippen LogP contribution in [0.15, 0.2) is 116 Å². The molecule has 222 valence electrons. The first-order valence-corrected chi connectivity index (χ1v) is 14.0. The van der Waals surface area contributed by atoms with Crippen LogP contribution in [0.4, 0.5) is 5.82 Å². The first-order valence-electron chi connectivity index (χ1n) is 14.0. The van der Waals surface area contributed by atoms with E-state index < -0.39 is 22.5 Å². The van der Waals surface area contributed by atoms with Crippen molar-refractivity contribution in [1.82, 2.24) is 4.68 Å². The van der Waals surface area contributed by atoms with Crippen molar-refractivity contribution in [3.8, 4) is 29.0 Å². The molecule has 5 aromatic rings. The summed E-state index contributed by atoms with van der Waals surface area (Å²) in [5.41, 5.74) is -0.379. The highest BCUT2D eigenvalue weighted by Crippen LogP contribution is 2.32. The van der Waals surface area contributed by atoms with Crippen molar-refractivity contribution in [3.63, 3.8) is 0 Å². The quantitative estimate of drug-likeness (QED) is 0.201. The summed E-state index contributed by atoms with van der Waals surface area (Å²) in [5.74, 6) is -0.345. The van der Waals surface area contributed by atoms with Crippen LogP contribution in [0.2, 0.25) is 0 Å². The molecule has 1 N–H and O–H groups in total. The van der Waals surface area contributed by atoms with Crippen LogP contribution in [-0.4, -0.2) is 23.4 Å². The van der Waals surface area contributed by atoms with E-state index >= 15 is 0 Å². The van der Waals surface area contributed by atoms with Crippen LogP contribution < -0.4 is 21.0 Å². The molecule has 0 spiro atoms. The number of para-hydroxylation sites is 1. The molecule has 2 aromatic heterocycles. The number of nitrogens with zero attached hydrogens (tertiary/aromatic N) is 4. The van der Waals surface area contributed by atoms with Gasteiger partial charge in [-0.05, 0) is 41.8 Å². The van der Waals surface area contributed by atoms with Gasteiger partial charge in [-0.25, -0.2) is 0 Å². The number of hydrogen-bond acceptors (Lipinski definition) is 8. The zero-order chi connectivity index (χ0) is 32.4. The van der Waals surface area contributed by atoms with E-state index in [0.29, 0.717) is 34.4 Å². The van der Waals surface area contributed by atoms with Gasteiger partial charge < -0.3 is 14.5 Å². The summed E-state index contributed by atoms with van der Waals surface area (Å²) in [5, 5.41) is 28.1. The first-order chi connectivity index (χ1) is 22.4. The number of carbonyl (C=O) groups is 1. The van der Waals surface area contributed by atoms with Gasteiger partial charge in [-0.1, -0.05) is 60.7 Å². The maximum atomic E-state index is 14.0. The lowest BCUT2D eigenvalue weighted by molar-refractivity contribution is -0.112. The van der Waals surface area contributed by atoms with Gasteiger partial charge in [0.2, 0.25) is 5.43 Å². The zero-order valence-electron chi connectivity index (χ0n) is 24.4. The van der Waals surface area contributed by atoms with Crippen LogP contribution >= 0.6 is 0 Å². The summed E-state index contributed by atoms with van der Waals surface area (Å²) < 4.78 is 11.9. The number of anilines is 1. The number of hydrogen-bond donors (Lipinski definition) is 1. The van der Waals surface area contributed by atoms with Crippen molar-refractivity contribution in [2.45, 2.75) is 6.42 Å². The summed E-state index contributed by atoms with van der Waals surface area (Å²) in [6.45, 7) is 3.74. The molecule has 0 saturated carbocycles. The van der Waals surface area contributed by atoms with Crippen LogP contribution in [-0.2, 0) is 11.2 Å². The fourth-order valence-electron chi connectivity index (χ4n) is 5.31. The second-order valence-electron chi connectivity index (χ2n) is 10.2. The topological polar surface area (TPSA) is 150 Å². The van der Waals surface area contributed by atoms with Gasteiger partial charge in [0.15, 0.2) is 5.82 Å². The Morgan fingerprint density at radius 3 is 2.39 bits per heavy atom. The Morgan fingerprint density at radius 2 is 1.72 bits per heavy atom. The fraction of sp³-hybridized carbons (Fsp3) is 0.0556. The molecule has 0 bridgehead atoms. The monoisotopic (exact) mass is 605 g/mol. The maximum Gasteiger partial charge on any atom is 0.291 e. The van der Waals surface area contributed by atoms with Crippen molar-refractivity contribution in [2.75, 3.05) is 12.4 Å². The van der Waals surface area contributed by atoms with Crippen molar-refractivity contribution in [2.24, 2.45) is 5.10 Å². The van der Waals surface area contributed by atoms with Crippen molar-refractivity contribution >= 4 is 34.5 Å². The van der Waals surface area contributed by atoms with Crippen LogP contribution in [0.5, 0.6) is 5.75 Å². The number of carbonyl (C=O) groups excluding carboxylic acids is 1. The number of allylic oxidation sites excluding steroid dienone is 1. The minimum atomic E-state index is -0.939. The number of fused-ring (bicyclic) bond motifs is 2. The number of amides is 1. The Hall–Kier alpha value is -6.78. The van der Waals surface area contributed by atoms with E-state index in [1.54, 1.807) is 92.1 Å². The minimum absolute atomic E-state index is 0.0865. The lowest BCUT2D eigenvalue weighted by Gasteiger charge is -2.14. The number of ether oxygens (including phenoxy) is 1. The molecule has 0 unspecified atom stereocenters. The molecule has 0 saturated heterocycles. The molecule has 10 nitrogen and oxygen atoms in total. The standard InChI is InChI=1S/C36H23N5O5/c1-3-8-23-11-7-12-25-32(42)29(20-46-33(23)25)30-27(18-37)34-39-35(43)26(17-21-13-15-24(45-2)16-14-21)31(22-9-5-4-6-10-22)40-41(34)36(44)28(30)19-38/h3-7,9-17,20H,1,8H2,2H3,(H,39,43)/b26-17-.